The summed E-state index contributed by atoms with van der Waals surface area (Å²) in [5.74, 6) is -0.538. The summed E-state index contributed by atoms with van der Waals surface area (Å²) in [5.41, 5.74) is 2.22. The standard InChI is InChI=1S/C14H14O5/c1-8-5-10(15)7-12(18-2)11(8)6-9-3-4-19-13(9)14(16)17/h3-5,7,15H,6H2,1-2H3,(H,16,17). The molecular weight excluding hydrogens is 248 g/mol. The van der Waals surface area contributed by atoms with Gasteiger partial charge in [0.15, 0.2) is 0 Å². The lowest BCUT2D eigenvalue weighted by Gasteiger charge is -2.12. The molecule has 0 bridgehead atoms. The highest BCUT2D eigenvalue weighted by Gasteiger charge is 2.17. The third kappa shape index (κ3) is 2.54. The van der Waals surface area contributed by atoms with Crippen molar-refractivity contribution in [2.24, 2.45) is 0 Å². The van der Waals surface area contributed by atoms with Crippen LogP contribution in [0.4, 0.5) is 0 Å². The molecule has 0 saturated heterocycles. The van der Waals surface area contributed by atoms with Gasteiger partial charge < -0.3 is 19.4 Å². The van der Waals surface area contributed by atoms with Gasteiger partial charge in [-0.1, -0.05) is 0 Å². The van der Waals surface area contributed by atoms with E-state index >= 15 is 0 Å². The number of hydrogen-bond acceptors (Lipinski definition) is 4. The Labute approximate surface area is 110 Å². The van der Waals surface area contributed by atoms with E-state index in [0.717, 1.165) is 11.1 Å². The van der Waals surface area contributed by atoms with E-state index in [4.69, 9.17) is 14.3 Å². The Bertz CT molecular complexity index is 612. The fraction of sp³-hybridized carbons (Fsp3) is 0.214. The molecular formula is C14H14O5. The smallest absolute Gasteiger partial charge is 0.372 e. The number of benzene rings is 1. The van der Waals surface area contributed by atoms with Crippen molar-refractivity contribution in [3.05, 3.63) is 46.9 Å². The first-order chi connectivity index (χ1) is 9.02. The largest absolute Gasteiger partial charge is 0.508 e. The predicted octanol–water partition coefficient (Wildman–Crippen LogP) is 2.59. The molecule has 5 heteroatoms. The second kappa shape index (κ2) is 5.06. The number of aromatic hydroxyl groups is 1. The Morgan fingerprint density at radius 1 is 1.42 bits per heavy atom. The zero-order chi connectivity index (χ0) is 14.0. The number of hydrogen-bond donors (Lipinski definition) is 2. The minimum atomic E-state index is -1.10. The first-order valence-electron chi connectivity index (χ1n) is 5.69. The topological polar surface area (TPSA) is 79.9 Å². The average molecular weight is 262 g/mol. The van der Waals surface area contributed by atoms with Crippen LogP contribution in [-0.4, -0.2) is 23.3 Å². The number of ether oxygens (including phenoxy) is 1. The van der Waals surface area contributed by atoms with Crippen LogP contribution in [-0.2, 0) is 6.42 Å². The first-order valence-corrected chi connectivity index (χ1v) is 5.69. The fourth-order valence-electron chi connectivity index (χ4n) is 2.03. The van der Waals surface area contributed by atoms with Gasteiger partial charge in [0.1, 0.15) is 11.5 Å². The molecule has 0 amide bonds. The maximum Gasteiger partial charge on any atom is 0.372 e. The molecule has 1 aromatic carbocycles. The van der Waals surface area contributed by atoms with Crippen LogP contribution >= 0.6 is 0 Å². The number of methoxy groups -OCH3 is 1. The van der Waals surface area contributed by atoms with E-state index in [1.54, 1.807) is 12.1 Å². The number of aryl methyl sites for hydroxylation is 1. The first kappa shape index (κ1) is 13.0. The van der Waals surface area contributed by atoms with Gasteiger partial charge in [-0.15, -0.1) is 0 Å². The van der Waals surface area contributed by atoms with Gasteiger partial charge in [0.2, 0.25) is 5.76 Å². The van der Waals surface area contributed by atoms with Crippen molar-refractivity contribution in [1.29, 1.82) is 0 Å². The third-order valence-electron chi connectivity index (χ3n) is 2.94. The molecule has 0 saturated carbocycles. The zero-order valence-electron chi connectivity index (χ0n) is 10.6. The van der Waals surface area contributed by atoms with Gasteiger partial charge in [-0.25, -0.2) is 4.79 Å². The molecule has 100 valence electrons. The Hall–Kier alpha value is -2.43. The van der Waals surface area contributed by atoms with Crippen LogP contribution in [0.2, 0.25) is 0 Å². The highest BCUT2D eigenvalue weighted by molar-refractivity contribution is 5.86. The van der Waals surface area contributed by atoms with Crippen LogP contribution in [0.15, 0.2) is 28.9 Å². The van der Waals surface area contributed by atoms with E-state index in [0.29, 0.717) is 17.7 Å². The van der Waals surface area contributed by atoms with Gasteiger partial charge in [-0.2, -0.15) is 0 Å². The molecule has 0 atom stereocenters. The SMILES string of the molecule is COc1cc(O)cc(C)c1Cc1ccoc1C(=O)O. The molecule has 0 aliphatic heterocycles. The predicted molar refractivity (Wildman–Crippen MR) is 67.9 cm³/mol. The van der Waals surface area contributed by atoms with E-state index in [9.17, 15) is 9.90 Å². The number of aromatic carboxylic acids is 1. The molecule has 5 nitrogen and oxygen atoms in total. The summed E-state index contributed by atoms with van der Waals surface area (Å²) in [7, 11) is 1.51. The Morgan fingerprint density at radius 3 is 2.79 bits per heavy atom. The van der Waals surface area contributed by atoms with Gasteiger partial charge in [-0.3, -0.25) is 0 Å². The summed E-state index contributed by atoms with van der Waals surface area (Å²) in [5, 5.41) is 18.5. The second-order valence-corrected chi connectivity index (χ2v) is 4.20. The highest BCUT2D eigenvalue weighted by Crippen LogP contribution is 2.30. The lowest BCUT2D eigenvalue weighted by Crippen LogP contribution is -2.02. The molecule has 2 aromatic rings. The fourth-order valence-corrected chi connectivity index (χ4v) is 2.03. The summed E-state index contributed by atoms with van der Waals surface area (Å²) in [4.78, 5) is 11.0. The minimum absolute atomic E-state index is 0.0745. The maximum absolute atomic E-state index is 11.0. The van der Waals surface area contributed by atoms with Crippen LogP contribution in [0, 0.1) is 6.92 Å². The monoisotopic (exact) mass is 262 g/mol. The average Bonchev–Trinajstić information content (AvgIpc) is 2.80. The zero-order valence-corrected chi connectivity index (χ0v) is 10.6. The van der Waals surface area contributed by atoms with Crippen molar-refractivity contribution >= 4 is 5.97 Å². The van der Waals surface area contributed by atoms with Gasteiger partial charge >= 0.3 is 5.97 Å². The maximum atomic E-state index is 11.0. The number of phenolic OH excluding ortho intramolecular Hbond substituents is 1. The summed E-state index contributed by atoms with van der Waals surface area (Å²) in [6, 6.07) is 4.73. The number of carbonyl (C=O) groups is 1. The number of rotatable bonds is 4. The van der Waals surface area contributed by atoms with Crippen molar-refractivity contribution in [2.45, 2.75) is 13.3 Å². The molecule has 0 unspecified atom stereocenters. The Morgan fingerprint density at radius 2 is 2.16 bits per heavy atom. The van der Waals surface area contributed by atoms with Gasteiger partial charge in [-0.05, 0) is 24.6 Å². The molecule has 1 aromatic heterocycles. The second-order valence-electron chi connectivity index (χ2n) is 4.20. The van der Waals surface area contributed by atoms with Gasteiger partial charge in [0.05, 0.1) is 13.4 Å². The van der Waals surface area contributed by atoms with Crippen molar-refractivity contribution in [3.8, 4) is 11.5 Å². The van der Waals surface area contributed by atoms with E-state index in [1.165, 1.54) is 19.4 Å². The summed E-state index contributed by atoms with van der Waals surface area (Å²) in [6.07, 6.45) is 1.72. The van der Waals surface area contributed by atoms with Gasteiger partial charge in [0, 0.05) is 23.6 Å². The van der Waals surface area contributed by atoms with Crippen molar-refractivity contribution < 1.29 is 24.2 Å². The van der Waals surface area contributed by atoms with Crippen molar-refractivity contribution in [1.82, 2.24) is 0 Å². The van der Waals surface area contributed by atoms with Crippen molar-refractivity contribution in [2.75, 3.05) is 7.11 Å². The van der Waals surface area contributed by atoms with E-state index in [1.807, 2.05) is 6.92 Å². The third-order valence-corrected chi connectivity index (χ3v) is 2.94. The van der Waals surface area contributed by atoms with Crippen LogP contribution in [0.1, 0.15) is 27.2 Å². The Balaban J connectivity index is 2.43. The lowest BCUT2D eigenvalue weighted by atomic mass is 9.99. The molecule has 1 heterocycles. The summed E-state index contributed by atoms with van der Waals surface area (Å²) in [6.45, 7) is 1.83. The molecule has 19 heavy (non-hydrogen) atoms. The lowest BCUT2D eigenvalue weighted by molar-refractivity contribution is 0.0661. The minimum Gasteiger partial charge on any atom is -0.508 e. The van der Waals surface area contributed by atoms with Crippen LogP contribution in [0.5, 0.6) is 11.5 Å². The van der Waals surface area contributed by atoms with Crippen LogP contribution < -0.4 is 4.74 Å². The van der Waals surface area contributed by atoms with Gasteiger partial charge in [0.25, 0.3) is 0 Å². The van der Waals surface area contributed by atoms with Crippen molar-refractivity contribution in [3.63, 3.8) is 0 Å². The summed E-state index contributed by atoms with van der Waals surface area (Å²) >= 11 is 0. The molecule has 0 radical (unpaired) electrons. The Kier molecular flexibility index (Phi) is 3.46. The number of phenols is 1. The summed E-state index contributed by atoms with van der Waals surface area (Å²) < 4.78 is 10.2. The van der Waals surface area contributed by atoms with Crippen LogP contribution in [0.3, 0.4) is 0 Å². The van der Waals surface area contributed by atoms with E-state index in [2.05, 4.69) is 0 Å². The normalized spacial score (nSPS) is 10.4. The number of furan rings is 1. The number of carboxylic acids is 1. The van der Waals surface area contributed by atoms with E-state index in [-0.39, 0.29) is 11.5 Å². The molecule has 0 aliphatic rings. The molecule has 2 rings (SSSR count). The molecule has 0 fully saturated rings. The van der Waals surface area contributed by atoms with E-state index < -0.39 is 5.97 Å². The number of carboxylic acid groups (broad SMARTS) is 1. The molecule has 2 N–H and O–H groups in total. The van der Waals surface area contributed by atoms with Crippen LogP contribution in [0.25, 0.3) is 0 Å². The molecule has 0 spiro atoms. The molecule has 0 aliphatic carbocycles. The highest BCUT2D eigenvalue weighted by atomic mass is 16.5. The quantitative estimate of drug-likeness (QED) is 0.885.